The van der Waals surface area contributed by atoms with Crippen LogP contribution in [-0.2, 0) is 6.42 Å². The lowest BCUT2D eigenvalue weighted by atomic mass is 10.1. The minimum atomic E-state index is 0.604. The van der Waals surface area contributed by atoms with E-state index < -0.39 is 0 Å². The summed E-state index contributed by atoms with van der Waals surface area (Å²) in [5.41, 5.74) is 3.21. The van der Waals surface area contributed by atoms with Gasteiger partial charge in [0.05, 0.1) is 17.8 Å². The Morgan fingerprint density at radius 3 is 2.44 bits per heavy atom. The van der Waals surface area contributed by atoms with Gasteiger partial charge in [-0.25, -0.2) is 0 Å². The number of aryl methyl sites for hydroxylation is 1. The molecule has 0 fully saturated rings. The van der Waals surface area contributed by atoms with Gasteiger partial charge in [-0.15, -0.1) is 0 Å². The highest BCUT2D eigenvalue weighted by molar-refractivity contribution is 6.32. The molecule has 2 nitrogen and oxygen atoms in total. The Bertz CT molecular complexity index is 523. The summed E-state index contributed by atoms with van der Waals surface area (Å²) in [6, 6.07) is 14.0. The Hall–Kier alpha value is -1.67. The number of methoxy groups -OCH3 is 1. The third-order valence-corrected chi connectivity index (χ3v) is 3.11. The molecule has 0 aliphatic rings. The highest BCUT2D eigenvalue weighted by atomic mass is 35.5. The van der Waals surface area contributed by atoms with Gasteiger partial charge in [-0.3, -0.25) is 0 Å². The van der Waals surface area contributed by atoms with Crippen molar-refractivity contribution in [2.24, 2.45) is 0 Å². The molecule has 0 spiro atoms. The van der Waals surface area contributed by atoms with Gasteiger partial charge < -0.3 is 10.1 Å². The molecule has 0 atom stereocenters. The van der Waals surface area contributed by atoms with Crippen LogP contribution < -0.4 is 10.1 Å². The third-order valence-electron chi connectivity index (χ3n) is 2.81. The summed E-state index contributed by atoms with van der Waals surface area (Å²) >= 11 is 6.08. The standard InChI is InChI=1S/C15H16ClNO/c1-3-11-7-9-12(10-8-11)17-14-6-4-5-13(16)15(14)18-2/h4-10,17H,3H2,1-2H3. The quantitative estimate of drug-likeness (QED) is 0.865. The van der Waals surface area contributed by atoms with Gasteiger partial charge in [0.25, 0.3) is 0 Å². The van der Waals surface area contributed by atoms with Gasteiger partial charge in [0.2, 0.25) is 0 Å². The summed E-state index contributed by atoms with van der Waals surface area (Å²) in [4.78, 5) is 0. The lowest BCUT2D eigenvalue weighted by molar-refractivity contribution is 0.417. The van der Waals surface area contributed by atoms with Crippen LogP contribution in [0.25, 0.3) is 0 Å². The molecular formula is C15H16ClNO. The predicted molar refractivity (Wildman–Crippen MR) is 77.1 cm³/mol. The van der Waals surface area contributed by atoms with Gasteiger partial charge in [-0.2, -0.15) is 0 Å². The predicted octanol–water partition coefficient (Wildman–Crippen LogP) is 4.65. The molecule has 0 aromatic heterocycles. The van der Waals surface area contributed by atoms with Gasteiger partial charge in [0, 0.05) is 5.69 Å². The molecule has 94 valence electrons. The summed E-state index contributed by atoms with van der Waals surface area (Å²) in [6.45, 7) is 2.14. The topological polar surface area (TPSA) is 21.3 Å². The monoisotopic (exact) mass is 261 g/mol. The molecule has 0 aliphatic heterocycles. The molecule has 2 aromatic rings. The van der Waals surface area contributed by atoms with Gasteiger partial charge >= 0.3 is 0 Å². The molecule has 0 saturated carbocycles. The van der Waals surface area contributed by atoms with Crippen molar-refractivity contribution in [1.82, 2.24) is 0 Å². The fourth-order valence-corrected chi connectivity index (χ4v) is 2.05. The number of hydrogen-bond acceptors (Lipinski definition) is 2. The maximum absolute atomic E-state index is 6.08. The first kappa shape index (κ1) is 12.8. The van der Waals surface area contributed by atoms with E-state index in [4.69, 9.17) is 16.3 Å². The molecular weight excluding hydrogens is 246 g/mol. The number of rotatable bonds is 4. The van der Waals surface area contributed by atoms with Crippen LogP contribution in [0.2, 0.25) is 5.02 Å². The summed E-state index contributed by atoms with van der Waals surface area (Å²) in [5, 5.41) is 3.91. The Morgan fingerprint density at radius 2 is 1.83 bits per heavy atom. The second kappa shape index (κ2) is 5.78. The van der Waals surface area contributed by atoms with Crippen LogP contribution >= 0.6 is 11.6 Å². The first-order valence-electron chi connectivity index (χ1n) is 5.93. The second-order valence-corrected chi connectivity index (χ2v) is 4.40. The molecule has 18 heavy (non-hydrogen) atoms. The minimum absolute atomic E-state index is 0.604. The fourth-order valence-electron chi connectivity index (χ4n) is 1.79. The van der Waals surface area contributed by atoms with Crippen LogP contribution in [0.1, 0.15) is 12.5 Å². The van der Waals surface area contributed by atoms with E-state index in [1.54, 1.807) is 7.11 Å². The highest BCUT2D eigenvalue weighted by Gasteiger charge is 2.06. The zero-order valence-electron chi connectivity index (χ0n) is 10.5. The van der Waals surface area contributed by atoms with Crippen LogP contribution in [-0.4, -0.2) is 7.11 Å². The van der Waals surface area contributed by atoms with Crippen LogP contribution in [0.5, 0.6) is 5.75 Å². The van der Waals surface area contributed by atoms with Crippen molar-refractivity contribution >= 4 is 23.0 Å². The van der Waals surface area contributed by atoms with E-state index in [0.717, 1.165) is 17.8 Å². The Kier molecular flexibility index (Phi) is 4.11. The van der Waals surface area contributed by atoms with E-state index in [1.165, 1.54) is 5.56 Å². The van der Waals surface area contributed by atoms with Crippen molar-refractivity contribution in [2.75, 3.05) is 12.4 Å². The number of ether oxygens (including phenoxy) is 1. The van der Waals surface area contributed by atoms with E-state index in [9.17, 15) is 0 Å². The SMILES string of the molecule is CCc1ccc(Nc2cccc(Cl)c2OC)cc1. The van der Waals surface area contributed by atoms with Gasteiger partial charge in [-0.1, -0.05) is 36.7 Å². The van der Waals surface area contributed by atoms with E-state index >= 15 is 0 Å². The number of halogens is 1. The van der Waals surface area contributed by atoms with Gasteiger partial charge in [-0.05, 0) is 36.2 Å². The molecule has 0 bridgehead atoms. The lowest BCUT2D eigenvalue weighted by Gasteiger charge is -2.12. The summed E-state index contributed by atoms with van der Waals surface area (Å²) in [7, 11) is 1.62. The van der Waals surface area contributed by atoms with Crippen molar-refractivity contribution in [3.05, 3.63) is 53.1 Å². The first-order chi connectivity index (χ1) is 8.74. The van der Waals surface area contributed by atoms with Crippen molar-refractivity contribution < 1.29 is 4.74 Å². The Labute approximate surface area is 113 Å². The Balaban J connectivity index is 2.25. The third kappa shape index (κ3) is 2.77. The second-order valence-electron chi connectivity index (χ2n) is 4.00. The molecule has 0 saturated heterocycles. The maximum atomic E-state index is 6.08. The largest absolute Gasteiger partial charge is 0.493 e. The smallest absolute Gasteiger partial charge is 0.160 e. The number of nitrogens with one attached hydrogen (secondary N) is 1. The minimum Gasteiger partial charge on any atom is -0.493 e. The van der Waals surface area contributed by atoms with Gasteiger partial charge in [0.1, 0.15) is 0 Å². The normalized spacial score (nSPS) is 10.2. The van der Waals surface area contributed by atoms with Crippen molar-refractivity contribution in [2.45, 2.75) is 13.3 Å². The molecule has 0 unspecified atom stereocenters. The van der Waals surface area contributed by atoms with E-state index in [2.05, 4.69) is 36.5 Å². The molecule has 0 aliphatic carbocycles. The average Bonchev–Trinajstić information content (AvgIpc) is 2.40. The van der Waals surface area contributed by atoms with E-state index in [-0.39, 0.29) is 0 Å². The lowest BCUT2D eigenvalue weighted by Crippen LogP contribution is -1.95. The van der Waals surface area contributed by atoms with Gasteiger partial charge in [0.15, 0.2) is 5.75 Å². The fraction of sp³-hybridized carbons (Fsp3) is 0.200. The molecule has 2 rings (SSSR count). The molecule has 0 amide bonds. The molecule has 1 N–H and O–H groups in total. The number of anilines is 2. The average molecular weight is 262 g/mol. The van der Waals surface area contributed by atoms with Crippen LogP contribution in [0.3, 0.4) is 0 Å². The molecule has 0 radical (unpaired) electrons. The van der Waals surface area contributed by atoms with E-state index in [0.29, 0.717) is 10.8 Å². The van der Waals surface area contributed by atoms with Crippen LogP contribution in [0, 0.1) is 0 Å². The van der Waals surface area contributed by atoms with Crippen molar-refractivity contribution in [3.63, 3.8) is 0 Å². The molecule has 2 aromatic carbocycles. The number of benzene rings is 2. The maximum Gasteiger partial charge on any atom is 0.160 e. The number of hydrogen-bond donors (Lipinski definition) is 1. The van der Waals surface area contributed by atoms with Crippen LogP contribution in [0.15, 0.2) is 42.5 Å². The summed E-state index contributed by atoms with van der Waals surface area (Å²) in [5.74, 6) is 0.665. The van der Waals surface area contributed by atoms with Crippen molar-refractivity contribution in [3.8, 4) is 5.75 Å². The van der Waals surface area contributed by atoms with E-state index in [1.807, 2.05) is 18.2 Å². The number of para-hydroxylation sites is 1. The zero-order valence-corrected chi connectivity index (χ0v) is 11.3. The van der Waals surface area contributed by atoms with Crippen molar-refractivity contribution in [1.29, 1.82) is 0 Å². The summed E-state index contributed by atoms with van der Waals surface area (Å²) in [6.07, 6.45) is 1.04. The molecule has 3 heteroatoms. The Morgan fingerprint density at radius 1 is 1.11 bits per heavy atom. The molecule has 0 heterocycles. The summed E-state index contributed by atoms with van der Waals surface area (Å²) < 4.78 is 5.30. The van der Waals surface area contributed by atoms with Crippen LogP contribution in [0.4, 0.5) is 11.4 Å². The first-order valence-corrected chi connectivity index (χ1v) is 6.31. The highest BCUT2D eigenvalue weighted by Crippen LogP contribution is 2.34. The zero-order chi connectivity index (χ0) is 13.0.